The minimum atomic E-state index is -0.247. The summed E-state index contributed by atoms with van der Waals surface area (Å²) in [4.78, 5) is 27.9. The van der Waals surface area contributed by atoms with Crippen molar-refractivity contribution in [1.82, 2.24) is 4.98 Å². The predicted molar refractivity (Wildman–Crippen MR) is 93.0 cm³/mol. The molecule has 24 heavy (non-hydrogen) atoms. The van der Waals surface area contributed by atoms with E-state index >= 15 is 0 Å². The molecule has 2 rings (SSSR count). The SMILES string of the molecule is CCCC(C)CC(=O)Oc1ccc(C(=O)Nc2cccnc2)cc1. The molecule has 0 bridgehead atoms. The average molecular weight is 326 g/mol. The van der Waals surface area contributed by atoms with E-state index < -0.39 is 0 Å². The molecule has 0 aliphatic heterocycles. The van der Waals surface area contributed by atoms with Gasteiger partial charge in [0.2, 0.25) is 0 Å². The molecular weight excluding hydrogens is 304 g/mol. The largest absolute Gasteiger partial charge is 0.427 e. The van der Waals surface area contributed by atoms with Crippen molar-refractivity contribution >= 4 is 17.6 Å². The van der Waals surface area contributed by atoms with Gasteiger partial charge >= 0.3 is 5.97 Å². The monoisotopic (exact) mass is 326 g/mol. The fraction of sp³-hybridized carbons (Fsp3) is 0.316. The highest BCUT2D eigenvalue weighted by Gasteiger charge is 2.11. The smallest absolute Gasteiger partial charge is 0.311 e. The van der Waals surface area contributed by atoms with Gasteiger partial charge in [-0.1, -0.05) is 26.7 Å². The van der Waals surface area contributed by atoms with Gasteiger partial charge < -0.3 is 10.1 Å². The average Bonchev–Trinajstić information content (AvgIpc) is 2.56. The Morgan fingerprint density at radius 3 is 2.58 bits per heavy atom. The number of hydrogen-bond acceptors (Lipinski definition) is 4. The highest BCUT2D eigenvalue weighted by Crippen LogP contribution is 2.16. The van der Waals surface area contributed by atoms with Gasteiger partial charge in [-0.3, -0.25) is 14.6 Å². The summed E-state index contributed by atoms with van der Waals surface area (Å²) in [7, 11) is 0. The van der Waals surface area contributed by atoms with Crippen molar-refractivity contribution < 1.29 is 14.3 Å². The lowest BCUT2D eigenvalue weighted by atomic mass is 10.0. The maximum atomic E-state index is 12.1. The van der Waals surface area contributed by atoms with Crippen LogP contribution in [-0.2, 0) is 4.79 Å². The second kappa shape index (κ2) is 8.82. The van der Waals surface area contributed by atoms with Crippen LogP contribution in [0.4, 0.5) is 5.69 Å². The number of pyridine rings is 1. The maximum absolute atomic E-state index is 12.1. The van der Waals surface area contributed by atoms with E-state index in [1.165, 1.54) is 0 Å². The van der Waals surface area contributed by atoms with Crippen LogP contribution < -0.4 is 10.1 Å². The van der Waals surface area contributed by atoms with Crippen molar-refractivity contribution in [3.05, 3.63) is 54.4 Å². The Bertz CT molecular complexity index is 669. The van der Waals surface area contributed by atoms with Crippen molar-refractivity contribution in [2.45, 2.75) is 33.1 Å². The zero-order valence-corrected chi connectivity index (χ0v) is 14.0. The lowest BCUT2D eigenvalue weighted by molar-refractivity contribution is -0.135. The quantitative estimate of drug-likeness (QED) is 0.615. The van der Waals surface area contributed by atoms with E-state index in [1.54, 1.807) is 48.8 Å². The minimum Gasteiger partial charge on any atom is -0.427 e. The summed E-state index contributed by atoms with van der Waals surface area (Å²) in [6, 6.07) is 10.0. The molecule has 0 aliphatic carbocycles. The Morgan fingerprint density at radius 2 is 1.96 bits per heavy atom. The van der Waals surface area contributed by atoms with E-state index in [-0.39, 0.29) is 11.9 Å². The Hall–Kier alpha value is -2.69. The van der Waals surface area contributed by atoms with Crippen LogP contribution in [0.3, 0.4) is 0 Å². The molecule has 2 aromatic rings. The second-order valence-corrected chi connectivity index (χ2v) is 5.79. The molecule has 0 spiro atoms. The van der Waals surface area contributed by atoms with Gasteiger partial charge in [0, 0.05) is 18.2 Å². The van der Waals surface area contributed by atoms with E-state index in [4.69, 9.17) is 4.74 Å². The van der Waals surface area contributed by atoms with Gasteiger partial charge in [-0.2, -0.15) is 0 Å². The number of carbonyl (C=O) groups excluding carboxylic acids is 2. The number of carbonyl (C=O) groups is 2. The Labute approximate surface area is 142 Å². The number of amides is 1. The number of hydrogen-bond donors (Lipinski definition) is 1. The molecule has 1 atom stereocenters. The summed E-state index contributed by atoms with van der Waals surface area (Å²) in [6.45, 7) is 4.13. The molecule has 0 saturated carbocycles. The van der Waals surface area contributed by atoms with Gasteiger partial charge in [0.25, 0.3) is 5.91 Å². The molecule has 5 nitrogen and oxygen atoms in total. The first kappa shape index (κ1) is 17.7. The van der Waals surface area contributed by atoms with Gasteiger partial charge in [0.15, 0.2) is 0 Å². The summed E-state index contributed by atoms with van der Waals surface area (Å²) in [6.07, 6.45) is 5.67. The molecule has 1 amide bonds. The molecule has 126 valence electrons. The molecule has 1 unspecified atom stereocenters. The molecule has 1 aromatic carbocycles. The molecular formula is C19H22N2O3. The van der Waals surface area contributed by atoms with Gasteiger partial charge in [0.05, 0.1) is 11.9 Å². The number of ether oxygens (including phenoxy) is 1. The molecule has 5 heteroatoms. The number of esters is 1. The second-order valence-electron chi connectivity index (χ2n) is 5.79. The van der Waals surface area contributed by atoms with Crippen molar-refractivity contribution in [2.75, 3.05) is 5.32 Å². The summed E-state index contributed by atoms with van der Waals surface area (Å²) in [5.41, 5.74) is 1.11. The molecule has 1 heterocycles. The van der Waals surface area contributed by atoms with Crippen LogP contribution in [0.2, 0.25) is 0 Å². The van der Waals surface area contributed by atoms with Crippen molar-refractivity contribution in [3.8, 4) is 5.75 Å². The summed E-state index contributed by atoms with van der Waals surface area (Å²) in [5, 5.41) is 2.75. The van der Waals surface area contributed by atoms with Crippen molar-refractivity contribution in [1.29, 1.82) is 0 Å². The van der Waals surface area contributed by atoms with Crippen LogP contribution in [0.1, 0.15) is 43.5 Å². The third kappa shape index (κ3) is 5.50. The number of nitrogens with one attached hydrogen (secondary N) is 1. The number of rotatable bonds is 7. The van der Waals surface area contributed by atoms with Crippen LogP contribution in [0.25, 0.3) is 0 Å². The van der Waals surface area contributed by atoms with Gasteiger partial charge in [-0.25, -0.2) is 0 Å². The lowest BCUT2D eigenvalue weighted by Gasteiger charge is -2.10. The zero-order chi connectivity index (χ0) is 17.4. The van der Waals surface area contributed by atoms with Crippen molar-refractivity contribution in [2.24, 2.45) is 5.92 Å². The summed E-state index contributed by atoms with van der Waals surface area (Å²) < 4.78 is 5.30. The Kier molecular flexibility index (Phi) is 6.49. The van der Waals surface area contributed by atoms with Gasteiger partial charge in [0.1, 0.15) is 5.75 Å². The van der Waals surface area contributed by atoms with Crippen LogP contribution in [0.15, 0.2) is 48.8 Å². The molecule has 1 aromatic heterocycles. The van der Waals surface area contributed by atoms with E-state index in [1.807, 2.05) is 6.92 Å². The minimum absolute atomic E-state index is 0.238. The third-order valence-electron chi connectivity index (χ3n) is 3.56. The summed E-state index contributed by atoms with van der Waals surface area (Å²) >= 11 is 0. The third-order valence-corrected chi connectivity index (χ3v) is 3.56. The number of nitrogens with zero attached hydrogens (tertiary/aromatic N) is 1. The fourth-order valence-electron chi connectivity index (χ4n) is 2.37. The molecule has 0 fully saturated rings. The first-order chi connectivity index (χ1) is 11.6. The van der Waals surface area contributed by atoms with E-state index in [0.29, 0.717) is 29.3 Å². The van der Waals surface area contributed by atoms with Crippen LogP contribution >= 0.6 is 0 Å². The van der Waals surface area contributed by atoms with Crippen LogP contribution in [-0.4, -0.2) is 16.9 Å². The topological polar surface area (TPSA) is 68.3 Å². The van der Waals surface area contributed by atoms with Crippen LogP contribution in [0.5, 0.6) is 5.75 Å². The number of anilines is 1. The predicted octanol–water partition coefficient (Wildman–Crippen LogP) is 4.07. The van der Waals surface area contributed by atoms with E-state index in [2.05, 4.69) is 17.2 Å². The van der Waals surface area contributed by atoms with E-state index in [0.717, 1.165) is 12.8 Å². The van der Waals surface area contributed by atoms with Crippen molar-refractivity contribution in [3.63, 3.8) is 0 Å². The molecule has 1 N–H and O–H groups in total. The van der Waals surface area contributed by atoms with Crippen LogP contribution in [0, 0.1) is 5.92 Å². The standard InChI is InChI=1S/C19H22N2O3/c1-3-5-14(2)12-18(22)24-17-9-7-15(8-10-17)19(23)21-16-6-4-11-20-13-16/h4,6-11,13-14H,3,5,12H2,1-2H3,(H,21,23). The molecule has 0 aliphatic rings. The number of benzene rings is 1. The Balaban J connectivity index is 1.90. The molecule has 0 saturated heterocycles. The molecule has 0 radical (unpaired) electrons. The number of aromatic nitrogens is 1. The zero-order valence-electron chi connectivity index (χ0n) is 14.0. The highest BCUT2D eigenvalue weighted by atomic mass is 16.5. The normalized spacial score (nSPS) is 11.6. The highest BCUT2D eigenvalue weighted by molar-refractivity contribution is 6.04. The fourth-order valence-corrected chi connectivity index (χ4v) is 2.37. The Morgan fingerprint density at radius 1 is 1.21 bits per heavy atom. The first-order valence-electron chi connectivity index (χ1n) is 8.10. The maximum Gasteiger partial charge on any atom is 0.311 e. The summed E-state index contributed by atoms with van der Waals surface area (Å²) in [5.74, 6) is 0.273. The lowest BCUT2D eigenvalue weighted by Crippen LogP contribution is -2.13. The van der Waals surface area contributed by atoms with E-state index in [9.17, 15) is 9.59 Å². The van der Waals surface area contributed by atoms with Gasteiger partial charge in [-0.05, 0) is 42.3 Å². The van der Waals surface area contributed by atoms with Gasteiger partial charge in [-0.15, -0.1) is 0 Å². The first-order valence-corrected chi connectivity index (χ1v) is 8.10.